The molecule has 0 saturated carbocycles. The Morgan fingerprint density at radius 2 is 1.86 bits per heavy atom. The molecule has 0 aliphatic carbocycles. The van der Waals surface area contributed by atoms with Crippen LogP contribution in [-0.2, 0) is 9.53 Å². The van der Waals surface area contributed by atoms with Crippen LogP contribution in [0.25, 0.3) is 0 Å². The molecule has 0 bridgehead atoms. The van der Waals surface area contributed by atoms with Crippen molar-refractivity contribution in [2.24, 2.45) is 0 Å². The number of hydrogen-bond donors (Lipinski definition) is 1. The number of amides is 1. The summed E-state index contributed by atoms with van der Waals surface area (Å²) in [6.07, 6.45) is 1.86. The highest BCUT2D eigenvalue weighted by atomic mass is 16.5. The minimum absolute atomic E-state index is 0.0669. The Labute approximate surface area is 130 Å². The summed E-state index contributed by atoms with van der Waals surface area (Å²) in [5.41, 5.74) is 0.298. The third-order valence-corrected chi connectivity index (χ3v) is 3.08. The lowest BCUT2D eigenvalue weighted by Gasteiger charge is -2.13. The van der Waals surface area contributed by atoms with E-state index in [1.54, 1.807) is 12.1 Å². The van der Waals surface area contributed by atoms with Crippen LogP contribution in [0.5, 0.6) is 11.5 Å². The van der Waals surface area contributed by atoms with E-state index < -0.39 is 5.97 Å². The molecule has 0 aliphatic rings. The lowest BCUT2D eigenvalue weighted by molar-refractivity contribution is -0.124. The van der Waals surface area contributed by atoms with Crippen LogP contribution in [0.15, 0.2) is 18.2 Å². The van der Waals surface area contributed by atoms with Crippen LogP contribution in [0.1, 0.15) is 37.0 Å². The van der Waals surface area contributed by atoms with Crippen molar-refractivity contribution >= 4 is 11.9 Å². The van der Waals surface area contributed by atoms with Gasteiger partial charge in [-0.25, -0.2) is 4.79 Å². The lowest BCUT2D eigenvalue weighted by Crippen LogP contribution is -2.35. The Morgan fingerprint density at radius 1 is 1.18 bits per heavy atom. The molecule has 1 aromatic rings. The number of rotatable bonds is 8. The largest absolute Gasteiger partial charge is 0.493 e. The van der Waals surface area contributed by atoms with Crippen LogP contribution in [0.3, 0.4) is 0 Å². The van der Waals surface area contributed by atoms with Gasteiger partial charge in [0.2, 0.25) is 0 Å². The van der Waals surface area contributed by atoms with Crippen LogP contribution >= 0.6 is 0 Å². The highest BCUT2D eigenvalue weighted by Gasteiger charge is 2.14. The summed E-state index contributed by atoms with van der Waals surface area (Å²) in [5, 5.41) is 2.77. The van der Waals surface area contributed by atoms with Gasteiger partial charge in [0.25, 0.3) is 5.91 Å². The summed E-state index contributed by atoms with van der Waals surface area (Å²) in [6.45, 7) is 3.65. The molecule has 1 rings (SSSR count). The molecule has 0 heterocycles. The summed E-state index contributed by atoms with van der Waals surface area (Å²) < 4.78 is 15.2. The van der Waals surface area contributed by atoms with E-state index >= 15 is 0 Å². The van der Waals surface area contributed by atoms with Gasteiger partial charge in [0.15, 0.2) is 18.1 Å². The number of methoxy groups -OCH3 is 2. The van der Waals surface area contributed by atoms with Crippen molar-refractivity contribution in [2.75, 3.05) is 20.8 Å². The van der Waals surface area contributed by atoms with Gasteiger partial charge in [-0.05, 0) is 31.5 Å². The normalized spacial score (nSPS) is 11.5. The number of benzene rings is 1. The highest BCUT2D eigenvalue weighted by molar-refractivity contribution is 5.92. The second-order valence-corrected chi connectivity index (χ2v) is 4.90. The SMILES string of the molecule is CCC[C@H](C)NC(=O)COC(=O)c1ccc(OC)c(OC)c1. The van der Waals surface area contributed by atoms with E-state index in [9.17, 15) is 9.59 Å². The molecule has 0 aromatic heterocycles. The highest BCUT2D eigenvalue weighted by Crippen LogP contribution is 2.27. The number of nitrogens with one attached hydrogen (secondary N) is 1. The van der Waals surface area contributed by atoms with Crippen molar-refractivity contribution < 1.29 is 23.8 Å². The molecule has 0 aliphatic heterocycles. The van der Waals surface area contributed by atoms with E-state index in [0.29, 0.717) is 17.1 Å². The second kappa shape index (κ2) is 8.92. The number of carbonyl (C=O) groups excluding carboxylic acids is 2. The van der Waals surface area contributed by atoms with Gasteiger partial charge in [-0.1, -0.05) is 13.3 Å². The molecular weight excluding hydrogens is 286 g/mol. The molecule has 0 radical (unpaired) electrons. The molecule has 0 unspecified atom stereocenters. The average molecular weight is 309 g/mol. The van der Waals surface area contributed by atoms with Gasteiger partial charge in [0.05, 0.1) is 19.8 Å². The van der Waals surface area contributed by atoms with Gasteiger partial charge >= 0.3 is 5.97 Å². The Kier molecular flexibility index (Phi) is 7.22. The average Bonchev–Trinajstić information content (AvgIpc) is 2.52. The van der Waals surface area contributed by atoms with Crippen molar-refractivity contribution in [1.29, 1.82) is 0 Å². The van der Waals surface area contributed by atoms with Crippen molar-refractivity contribution in [3.63, 3.8) is 0 Å². The Bertz CT molecular complexity index is 515. The molecule has 6 heteroatoms. The molecule has 1 aromatic carbocycles. The monoisotopic (exact) mass is 309 g/mol. The third kappa shape index (κ3) is 5.27. The maximum Gasteiger partial charge on any atom is 0.338 e. The fraction of sp³-hybridized carbons (Fsp3) is 0.500. The van der Waals surface area contributed by atoms with Gasteiger partial charge < -0.3 is 19.5 Å². The van der Waals surface area contributed by atoms with Gasteiger partial charge in [-0.15, -0.1) is 0 Å². The summed E-state index contributed by atoms with van der Waals surface area (Å²) in [7, 11) is 2.99. The first-order valence-electron chi connectivity index (χ1n) is 7.20. The van der Waals surface area contributed by atoms with Gasteiger partial charge in [0, 0.05) is 6.04 Å². The lowest BCUT2D eigenvalue weighted by atomic mass is 10.2. The molecule has 1 amide bonds. The fourth-order valence-electron chi connectivity index (χ4n) is 2.00. The number of ether oxygens (including phenoxy) is 3. The maximum absolute atomic E-state index is 11.9. The van der Waals surface area contributed by atoms with Crippen LogP contribution in [0.4, 0.5) is 0 Å². The summed E-state index contributed by atoms with van der Waals surface area (Å²) in [4.78, 5) is 23.6. The van der Waals surface area contributed by atoms with Gasteiger partial charge in [-0.2, -0.15) is 0 Å². The molecule has 1 atom stereocenters. The molecule has 0 spiro atoms. The predicted molar refractivity (Wildman–Crippen MR) is 82.3 cm³/mol. The number of hydrogen-bond acceptors (Lipinski definition) is 5. The fourth-order valence-corrected chi connectivity index (χ4v) is 2.00. The van der Waals surface area contributed by atoms with E-state index in [4.69, 9.17) is 14.2 Å². The van der Waals surface area contributed by atoms with Crippen molar-refractivity contribution in [2.45, 2.75) is 32.7 Å². The zero-order valence-corrected chi connectivity index (χ0v) is 13.5. The second-order valence-electron chi connectivity index (χ2n) is 4.90. The minimum Gasteiger partial charge on any atom is -0.493 e. The minimum atomic E-state index is -0.584. The first-order chi connectivity index (χ1) is 10.5. The molecule has 122 valence electrons. The zero-order valence-electron chi connectivity index (χ0n) is 13.5. The van der Waals surface area contributed by atoms with Crippen LogP contribution in [0.2, 0.25) is 0 Å². The van der Waals surface area contributed by atoms with Crippen LogP contribution in [0, 0.1) is 0 Å². The first kappa shape index (κ1) is 17.8. The molecule has 6 nitrogen and oxygen atoms in total. The predicted octanol–water partition coefficient (Wildman–Crippen LogP) is 2.17. The summed E-state index contributed by atoms with van der Waals surface area (Å²) >= 11 is 0. The maximum atomic E-state index is 11.9. The van der Waals surface area contributed by atoms with Crippen LogP contribution in [-0.4, -0.2) is 38.7 Å². The van der Waals surface area contributed by atoms with E-state index in [-0.39, 0.29) is 18.6 Å². The number of carbonyl (C=O) groups is 2. The summed E-state index contributed by atoms with van der Waals surface area (Å²) in [6, 6.07) is 4.75. The van der Waals surface area contributed by atoms with E-state index in [1.807, 2.05) is 13.8 Å². The Morgan fingerprint density at radius 3 is 2.45 bits per heavy atom. The van der Waals surface area contributed by atoms with Crippen molar-refractivity contribution in [1.82, 2.24) is 5.32 Å². The molecule has 0 saturated heterocycles. The van der Waals surface area contributed by atoms with Crippen molar-refractivity contribution in [3.05, 3.63) is 23.8 Å². The van der Waals surface area contributed by atoms with E-state index in [2.05, 4.69) is 5.32 Å². The topological polar surface area (TPSA) is 73.9 Å². The van der Waals surface area contributed by atoms with Crippen LogP contribution < -0.4 is 14.8 Å². The molecule has 1 N–H and O–H groups in total. The zero-order chi connectivity index (χ0) is 16.5. The van der Waals surface area contributed by atoms with Gasteiger partial charge in [-0.3, -0.25) is 4.79 Å². The van der Waals surface area contributed by atoms with Gasteiger partial charge in [0.1, 0.15) is 0 Å². The first-order valence-corrected chi connectivity index (χ1v) is 7.20. The van der Waals surface area contributed by atoms with E-state index in [1.165, 1.54) is 20.3 Å². The smallest absolute Gasteiger partial charge is 0.338 e. The van der Waals surface area contributed by atoms with Crippen molar-refractivity contribution in [3.8, 4) is 11.5 Å². The molecule has 22 heavy (non-hydrogen) atoms. The quantitative estimate of drug-likeness (QED) is 0.745. The van der Waals surface area contributed by atoms with E-state index in [0.717, 1.165) is 12.8 Å². The molecule has 0 fully saturated rings. The Balaban J connectivity index is 2.57. The third-order valence-electron chi connectivity index (χ3n) is 3.08. The molecular formula is C16H23NO5. The summed E-state index contributed by atoms with van der Waals surface area (Å²) in [5.74, 6) is 0.0529. The number of esters is 1. The standard InChI is InChI=1S/C16H23NO5/c1-5-6-11(2)17-15(18)10-22-16(19)12-7-8-13(20-3)14(9-12)21-4/h7-9,11H,5-6,10H2,1-4H3,(H,17,18)/t11-/m0/s1. The Hall–Kier alpha value is -2.24.